The third kappa shape index (κ3) is 5.74. The Bertz CT molecular complexity index is 613. The molecule has 26 heavy (non-hydrogen) atoms. The molecule has 1 aromatic carbocycles. The third-order valence-electron chi connectivity index (χ3n) is 4.40. The molecule has 1 amide bonds. The van der Waals surface area contributed by atoms with Crippen LogP contribution >= 0.6 is 34.8 Å². The Morgan fingerprint density at radius 1 is 1.12 bits per heavy atom. The number of ether oxygens (including phenoxy) is 1. The van der Waals surface area contributed by atoms with E-state index in [0.717, 1.165) is 5.56 Å². The van der Waals surface area contributed by atoms with E-state index in [4.69, 9.17) is 39.5 Å². The Labute approximate surface area is 171 Å². The molecule has 1 aliphatic rings. The maximum atomic E-state index is 12.7. The van der Waals surface area contributed by atoms with Crippen molar-refractivity contribution in [1.29, 1.82) is 0 Å². The topological polar surface area (TPSA) is 41.6 Å². The van der Waals surface area contributed by atoms with E-state index in [1.54, 1.807) is 12.1 Å². The van der Waals surface area contributed by atoms with Gasteiger partial charge in [-0.3, -0.25) is 9.69 Å². The van der Waals surface area contributed by atoms with Gasteiger partial charge in [0.05, 0.1) is 12.2 Å². The van der Waals surface area contributed by atoms with Crippen LogP contribution in [0.4, 0.5) is 0 Å². The minimum atomic E-state index is -1.65. The summed E-state index contributed by atoms with van der Waals surface area (Å²) < 4.78 is 4.08. The minimum Gasteiger partial charge on any atom is -0.373 e. The molecule has 2 rings (SSSR count). The van der Waals surface area contributed by atoms with Crippen molar-refractivity contribution in [1.82, 2.24) is 10.2 Å². The quantitative estimate of drug-likeness (QED) is 0.730. The standard InChI is InChI=1S/C19H27Cl3N2O2/c1-12-10-24(11-13(2)26-12)17(19(20,21)22)23-16(25)14-6-8-15(9-7-14)18(3,4)5/h6-9,12-13,17H,10-11H2,1-5H3,(H,23,25)/t12-,13-,17-/m0/s1. The molecule has 7 heteroatoms. The molecule has 1 saturated heterocycles. The molecule has 1 N–H and O–H groups in total. The summed E-state index contributed by atoms with van der Waals surface area (Å²) >= 11 is 18.5. The number of rotatable bonds is 3. The summed E-state index contributed by atoms with van der Waals surface area (Å²) in [7, 11) is 0. The van der Waals surface area contributed by atoms with Gasteiger partial charge in [-0.25, -0.2) is 0 Å². The highest BCUT2D eigenvalue weighted by Gasteiger charge is 2.41. The van der Waals surface area contributed by atoms with Gasteiger partial charge in [0.25, 0.3) is 5.91 Å². The van der Waals surface area contributed by atoms with Crippen LogP contribution in [0.15, 0.2) is 24.3 Å². The first-order chi connectivity index (χ1) is 11.9. The number of nitrogens with zero attached hydrogens (tertiary/aromatic N) is 1. The smallest absolute Gasteiger partial charge is 0.252 e. The molecular weight excluding hydrogens is 395 g/mol. The number of carbonyl (C=O) groups excluding carboxylic acids is 1. The fraction of sp³-hybridized carbons (Fsp3) is 0.632. The average Bonchev–Trinajstić information content (AvgIpc) is 2.49. The number of halogens is 3. The third-order valence-corrected chi connectivity index (χ3v) is 5.02. The van der Waals surface area contributed by atoms with Gasteiger partial charge in [0.1, 0.15) is 6.17 Å². The van der Waals surface area contributed by atoms with Gasteiger partial charge in [-0.05, 0) is 37.0 Å². The Morgan fingerprint density at radius 3 is 2.04 bits per heavy atom. The van der Waals surface area contributed by atoms with Crippen LogP contribution in [-0.4, -0.2) is 46.1 Å². The lowest BCUT2D eigenvalue weighted by atomic mass is 9.87. The highest BCUT2D eigenvalue weighted by atomic mass is 35.6. The van der Waals surface area contributed by atoms with Crippen molar-refractivity contribution in [3.63, 3.8) is 0 Å². The normalized spacial score (nSPS) is 23.5. The van der Waals surface area contributed by atoms with Crippen molar-refractivity contribution < 1.29 is 9.53 Å². The molecule has 0 radical (unpaired) electrons. The molecule has 0 bridgehead atoms. The number of carbonyl (C=O) groups is 1. The SMILES string of the molecule is C[C@H]1CN([C@H](NC(=O)c2ccc(C(C)(C)C)cc2)C(Cl)(Cl)Cl)C[C@H](C)O1. The second kappa shape index (κ2) is 8.24. The molecule has 0 saturated carbocycles. The van der Waals surface area contributed by atoms with Crippen LogP contribution in [0.5, 0.6) is 0 Å². The fourth-order valence-corrected chi connectivity index (χ4v) is 3.72. The van der Waals surface area contributed by atoms with Gasteiger partial charge in [0.15, 0.2) is 0 Å². The van der Waals surface area contributed by atoms with Gasteiger partial charge >= 0.3 is 0 Å². The summed E-state index contributed by atoms with van der Waals surface area (Å²) in [6.45, 7) is 11.5. The maximum absolute atomic E-state index is 12.7. The van der Waals surface area contributed by atoms with Crippen LogP contribution in [0.3, 0.4) is 0 Å². The minimum absolute atomic E-state index is 0.00317. The van der Waals surface area contributed by atoms with Crippen molar-refractivity contribution in [3.05, 3.63) is 35.4 Å². The summed E-state index contributed by atoms with van der Waals surface area (Å²) in [5.74, 6) is -0.270. The van der Waals surface area contributed by atoms with Crippen LogP contribution in [0.1, 0.15) is 50.5 Å². The second-order valence-electron chi connectivity index (χ2n) is 7.96. The number of benzene rings is 1. The van der Waals surface area contributed by atoms with E-state index in [1.165, 1.54) is 0 Å². The van der Waals surface area contributed by atoms with Gasteiger partial charge in [-0.2, -0.15) is 0 Å². The second-order valence-corrected chi connectivity index (χ2v) is 10.3. The lowest BCUT2D eigenvalue weighted by Gasteiger charge is -2.42. The molecule has 4 nitrogen and oxygen atoms in total. The van der Waals surface area contributed by atoms with Crippen molar-refractivity contribution in [2.24, 2.45) is 0 Å². The van der Waals surface area contributed by atoms with E-state index in [2.05, 4.69) is 26.1 Å². The first-order valence-corrected chi connectivity index (χ1v) is 9.89. The molecule has 146 valence electrons. The van der Waals surface area contributed by atoms with Gasteiger partial charge in [0.2, 0.25) is 3.79 Å². The zero-order chi connectivity index (χ0) is 19.7. The molecule has 1 fully saturated rings. The molecule has 3 atom stereocenters. The molecule has 0 spiro atoms. The molecule has 0 aromatic heterocycles. The average molecular weight is 422 g/mol. The van der Waals surface area contributed by atoms with Gasteiger partial charge in [0, 0.05) is 18.7 Å². The lowest BCUT2D eigenvalue weighted by molar-refractivity contribution is -0.0826. The Morgan fingerprint density at radius 2 is 1.62 bits per heavy atom. The summed E-state index contributed by atoms with van der Waals surface area (Å²) in [5.41, 5.74) is 1.71. The first kappa shape index (κ1) is 21.8. The predicted molar refractivity (Wildman–Crippen MR) is 108 cm³/mol. The maximum Gasteiger partial charge on any atom is 0.252 e. The van der Waals surface area contributed by atoms with Crippen LogP contribution in [0.25, 0.3) is 0 Å². The van der Waals surface area contributed by atoms with Gasteiger partial charge in [-0.15, -0.1) is 0 Å². The lowest BCUT2D eigenvalue weighted by Crippen LogP contribution is -2.60. The molecule has 0 unspecified atom stereocenters. The van der Waals surface area contributed by atoms with E-state index in [9.17, 15) is 4.79 Å². The van der Waals surface area contributed by atoms with Crippen LogP contribution in [0, 0.1) is 0 Å². The molecule has 1 aliphatic heterocycles. The Balaban J connectivity index is 2.16. The molecule has 1 aromatic rings. The summed E-state index contributed by atoms with van der Waals surface area (Å²) in [4.78, 5) is 14.7. The van der Waals surface area contributed by atoms with Crippen molar-refractivity contribution >= 4 is 40.7 Å². The highest BCUT2D eigenvalue weighted by Crippen LogP contribution is 2.33. The fourth-order valence-electron chi connectivity index (χ4n) is 3.14. The summed E-state index contributed by atoms with van der Waals surface area (Å²) in [6, 6.07) is 7.52. The van der Waals surface area contributed by atoms with Crippen LogP contribution in [-0.2, 0) is 10.2 Å². The van der Waals surface area contributed by atoms with Gasteiger partial charge in [-0.1, -0.05) is 67.7 Å². The molecule has 1 heterocycles. The van der Waals surface area contributed by atoms with Gasteiger partial charge < -0.3 is 10.1 Å². The molecule has 0 aliphatic carbocycles. The number of hydrogen-bond donors (Lipinski definition) is 1. The number of amides is 1. The molecular formula is C19H27Cl3N2O2. The van der Waals surface area contributed by atoms with E-state index < -0.39 is 9.96 Å². The Kier molecular flexibility index (Phi) is 6.90. The summed E-state index contributed by atoms with van der Waals surface area (Å²) in [6.07, 6.45) is -0.746. The number of morpholine rings is 1. The van der Waals surface area contributed by atoms with Crippen molar-refractivity contribution in [2.75, 3.05) is 13.1 Å². The van der Waals surface area contributed by atoms with E-state index in [-0.39, 0.29) is 23.5 Å². The van der Waals surface area contributed by atoms with E-state index in [0.29, 0.717) is 18.7 Å². The van der Waals surface area contributed by atoms with Crippen LogP contribution in [0.2, 0.25) is 0 Å². The number of hydrogen-bond acceptors (Lipinski definition) is 3. The highest BCUT2D eigenvalue weighted by molar-refractivity contribution is 6.68. The largest absolute Gasteiger partial charge is 0.373 e. The van der Waals surface area contributed by atoms with Crippen LogP contribution < -0.4 is 5.32 Å². The summed E-state index contributed by atoms with van der Waals surface area (Å²) in [5, 5.41) is 2.88. The van der Waals surface area contributed by atoms with Crippen molar-refractivity contribution in [3.8, 4) is 0 Å². The number of alkyl halides is 3. The predicted octanol–water partition coefficient (Wildman–Crippen LogP) is 4.52. The first-order valence-electron chi connectivity index (χ1n) is 8.75. The monoisotopic (exact) mass is 420 g/mol. The van der Waals surface area contributed by atoms with E-state index >= 15 is 0 Å². The Hall–Kier alpha value is -0.520. The van der Waals surface area contributed by atoms with Crippen molar-refractivity contribution in [2.45, 2.75) is 62.2 Å². The zero-order valence-corrected chi connectivity index (χ0v) is 18.1. The zero-order valence-electron chi connectivity index (χ0n) is 15.9. The number of nitrogens with one attached hydrogen (secondary N) is 1. The van der Waals surface area contributed by atoms with E-state index in [1.807, 2.05) is 30.9 Å².